The van der Waals surface area contributed by atoms with E-state index in [2.05, 4.69) is 5.32 Å². The second-order valence-corrected chi connectivity index (χ2v) is 6.89. The summed E-state index contributed by atoms with van der Waals surface area (Å²) in [5.74, 6) is 5.42. The number of para-hydroxylation sites is 1. The van der Waals surface area contributed by atoms with Crippen molar-refractivity contribution in [3.05, 3.63) is 59.3 Å². The summed E-state index contributed by atoms with van der Waals surface area (Å²) in [6, 6.07) is 7.75. The molecule has 154 valence electrons. The third kappa shape index (κ3) is 3.57. The average molecular weight is 400 g/mol. The van der Waals surface area contributed by atoms with Crippen LogP contribution in [0.1, 0.15) is 35.5 Å². The van der Waals surface area contributed by atoms with E-state index in [0.717, 1.165) is 5.01 Å². The summed E-state index contributed by atoms with van der Waals surface area (Å²) >= 11 is 0. The molecule has 9 nitrogen and oxygen atoms in total. The SMILES string of the molecule is CC[C@@H](NC1=C(N(N)c2cccc(C(=O)N(C)C)c2O)C(=O)[C@H]1O)c1ccco1. The average Bonchev–Trinajstić information content (AvgIpc) is 3.24. The van der Waals surface area contributed by atoms with E-state index < -0.39 is 17.8 Å². The lowest BCUT2D eigenvalue weighted by atomic mass is 9.92. The van der Waals surface area contributed by atoms with E-state index >= 15 is 0 Å². The van der Waals surface area contributed by atoms with E-state index in [-0.39, 0.29) is 34.4 Å². The van der Waals surface area contributed by atoms with E-state index in [4.69, 9.17) is 10.3 Å². The Labute approximate surface area is 168 Å². The second-order valence-electron chi connectivity index (χ2n) is 6.89. The van der Waals surface area contributed by atoms with Crippen LogP contribution < -0.4 is 16.2 Å². The van der Waals surface area contributed by atoms with Gasteiger partial charge in [0.15, 0.2) is 11.9 Å². The maximum Gasteiger partial charge on any atom is 0.257 e. The van der Waals surface area contributed by atoms with Crippen molar-refractivity contribution in [3.63, 3.8) is 0 Å². The number of Topliss-reactive ketones (excluding diaryl/α,β-unsaturated/α-hetero) is 1. The molecule has 0 unspecified atom stereocenters. The lowest BCUT2D eigenvalue weighted by Crippen LogP contribution is -2.52. The summed E-state index contributed by atoms with van der Waals surface area (Å²) in [5, 5.41) is 24.8. The van der Waals surface area contributed by atoms with Gasteiger partial charge in [0.05, 0.1) is 23.6 Å². The van der Waals surface area contributed by atoms with Gasteiger partial charge >= 0.3 is 0 Å². The maximum absolute atomic E-state index is 12.3. The Morgan fingerprint density at radius 1 is 1.31 bits per heavy atom. The minimum absolute atomic E-state index is 0.00672. The summed E-state index contributed by atoms with van der Waals surface area (Å²) in [5.41, 5.74) is 0.349. The number of amides is 1. The zero-order valence-corrected chi connectivity index (χ0v) is 16.4. The number of nitrogens with one attached hydrogen (secondary N) is 1. The van der Waals surface area contributed by atoms with Gasteiger partial charge in [-0.15, -0.1) is 0 Å². The van der Waals surface area contributed by atoms with Crippen LogP contribution in [0.15, 0.2) is 52.4 Å². The Kier molecular flexibility index (Phi) is 5.62. The number of benzene rings is 1. The molecule has 1 aliphatic rings. The summed E-state index contributed by atoms with van der Waals surface area (Å²) < 4.78 is 5.40. The number of furan rings is 1. The van der Waals surface area contributed by atoms with Crippen LogP contribution in [-0.2, 0) is 4.79 Å². The van der Waals surface area contributed by atoms with E-state index in [1.54, 1.807) is 32.3 Å². The van der Waals surface area contributed by atoms with Crippen molar-refractivity contribution >= 4 is 17.4 Å². The first-order valence-electron chi connectivity index (χ1n) is 9.12. The number of ketones is 1. The second kappa shape index (κ2) is 7.98. The van der Waals surface area contributed by atoms with Crippen LogP contribution in [0.25, 0.3) is 0 Å². The quantitative estimate of drug-likeness (QED) is 0.403. The molecule has 1 heterocycles. The largest absolute Gasteiger partial charge is 0.505 e. The molecular weight excluding hydrogens is 376 g/mol. The first kappa shape index (κ1) is 20.4. The molecule has 0 radical (unpaired) electrons. The van der Waals surface area contributed by atoms with Crippen molar-refractivity contribution in [2.24, 2.45) is 5.84 Å². The lowest BCUT2D eigenvalue weighted by molar-refractivity contribution is -0.125. The molecule has 0 bridgehead atoms. The molecule has 29 heavy (non-hydrogen) atoms. The number of nitrogens with two attached hydrogens (primary N) is 1. The van der Waals surface area contributed by atoms with Gasteiger partial charge in [0.1, 0.15) is 17.1 Å². The van der Waals surface area contributed by atoms with Crippen molar-refractivity contribution in [2.75, 3.05) is 19.1 Å². The van der Waals surface area contributed by atoms with Gasteiger partial charge in [-0.3, -0.25) is 14.6 Å². The predicted octanol–water partition coefficient (Wildman–Crippen LogP) is 1.26. The highest BCUT2D eigenvalue weighted by atomic mass is 16.3. The number of aliphatic hydroxyl groups is 1. The fraction of sp³-hybridized carbons (Fsp3) is 0.300. The molecule has 9 heteroatoms. The third-order valence-corrected chi connectivity index (χ3v) is 4.79. The van der Waals surface area contributed by atoms with E-state index in [9.17, 15) is 19.8 Å². The van der Waals surface area contributed by atoms with Crippen molar-refractivity contribution in [1.82, 2.24) is 10.2 Å². The standard InChI is InChI=1S/C20H24N4O5/c1-4-12(14-9-6-10-29-14)22-15-16(19(27)18(15)26)24(21)13-8-5-7-11(17(13)25)20(28)23(2)3/h5-10,12,18,22,25-26H,4,21H2,1-3H3/t12-,18+/m1/s1. The smallest absolute Gasteiger partial charge is 0.257 e. The zero-order valence-electron chi connectivity index (χ0n) is 16.4. The summed E-state index contributed by atoms with van der Waals surface area (Å²) in [7, 11) is 3.12. The summed E-state index contributed by atoms with van der Waals surface area (Å²) in [6.07, 6.45) is 0.819. The number of rotatable bonds is 7. The number of hydrogen-bond acceptors (Lipinski definition) is 8. The lowest BCUT2D eigenvalue weighted by Gasteiger charge is -2.36. The molecule has 5 N–H and O–H groups in total. The first-order valence-corrected chi connectivity index (χ1v) is 9.12. The minimum atomic E-state index is -1.35. The van der Waals surface area contributed by atoms with Gasteiger partial charge in [0.2, 0.25) is 5.78 Å². The van der Waals surface area contributed by atoms with E-state index in [1.807, 2.05) is 6.92 Å². The van der Waals surface area contributed by atoms with Gasteiger partial charge in [-0.25, -0.2) is 5.84 Å². The molecule has 1 amide bonds. The fourth-order valence-corrected chi connectivity index (χ4v) is 3.15. The van der Waals surface area contributed by atoms with Crippen LogP contribution >= 0.6 is 0 Å². The fourth-order valence-electron chi connectivity index (χ4n) is 3.15. The Morgan fingerprint density at radius 2 is 2.03 bits per heavy atom. The molecule has 1 aromatic heterocycles. The normalized spacial score (nSPS) is 17.0. The number of carbonyl (C=O) groups excluding carboxylic acids is 2. The van der Waals surface area contributed by atoms with Crippen molar-refractivity contribution in [3.8, 4) is 5.75 Å². The number of hydrazine groups is 1. The van der Waals surface area contributed by atoms with Crippen molar-refractivity contribution in [1.29, 1.82) is 0 Å². The molecule has 2 aromatic rings. The number of aromatic hydroxyl groups is 1. The van der Waals surface area contributed by atoms with E-state index in [1.165, 1.54) is 23.3 Å². The molecule has 0 fully saturated rings. The van der Waals surface area contributed by atoms with Crippen molar-refractivity contribution in [2.45, 2.75) is 25.5 Å². The monoisotopic (exact) mass is 400 g/mol. The number of anilines is 1. The molecule has 2 atom stereocenters. The molecule has 0 saturated carbocycles. The zero-order chi connectivity index (χ0) is 21.3. The van der Waals surface area contributed by atoms with Crippen LogP contribution in [0.3, 0.4) is 0 Å². The predicted molar refractivity (Wildman–Crippen MR) is 106 cm³/mol. The number of nitrogens with zero attached hydrogens (tertiary/aromatic N) is 2. The number of carbonyl (C=O) groups is 2. The van der Waals surface area contributed by atoms with Gasteiger partial charge in [-0.1, -0.05) is 13.0 Å². The summed E-state index contributed by atoms with van der Waals surface area (Å²) in [6.45, 7) is 1.93. The highest BCUT2D eigenvalue weighted by Gasteiger charge is 2.43. The molecule has 1 aromatic carbocycles. The number of phenolic OH excluding ortho intramolecular Hbond substituents is 1. The highest BCUT2D eigenvalue weighted by molar-refractivity contribution is 6.11. The van der Waals surface area contributed by atoms with Gasteiger partial charge < -0.3 is 24.8 Å². The molecule has 3 rings (SSSR count). The number of hydrogen-bond donors (Lipinski definition) is 4. The van der Waals surface area contributed by atoms with Crippen LogP contribution in [0.4, 0.5) is 5.69 Å². The Morgan fingerprint density at radius 3 is 2.62 bits per heavy atom. The van der Waals surface area contributed by atoms with E-state index in [0.29, 0.717) is 12.2 Å². The number of aliphatic hydroxyl groups excluding tert-OH is 1. The highest BCUT2D eigenvalue weighted by Crippen LogP contribution is 2.36. The first-order chi connectivity index (χ1) is 13.8. The Balaban J connectivity index is 1.96. The van der Waals surface area contributed by atoms with Crippen LogP contribution in [0, 0.1) is 0 Å². The van der Waals surface area contributed by atoms with Crippen LogP contribution in [0.2, 0.25) is 0 Å². The molecule has 0 saturated heterocycles. The third-order valence-electron chi connectivity index (χ3n) is 4.79. The van der Waals surface area contributed by atoms with Crippen LogP contribution in [-0.4, -0.2) is 47.0 Å². The molecule has 0 aliphatic heterocycles. The minimum Gasteiger partial charge on any atom is -0.505 e. The van der Waals surface area contributed by atoms with Gasteiger partial charge in [0, 0.05) is 14.1 Å². The van der Waals surface area contributed by atoms with Gasteiger partial charge in [-0.2, -0.15) is 0 Å². The molecule has 0 spiro atoms. The van der Waals surface area contributed by atoms with Gasteiger partial charge in [0.25, 0.3) is 5.91 Å². The van der Waals surface area contributed by atoms with Crippen LogP contribution in [0.5, 0.6) is 5.75 Å². The summed E-state index contributed by atoms with van der Waals surface area (Å²) in [4.78, 5) is 25.9. The van der Waals surface area contributed by atoms with Crippen molar-refractivity contribution < 1.29 is 24.2 Å². The molecular formula is C20H24N4O5. The maximum atomic E-state index is 12.3. The molecule has 1 aliphatic carbocycles. The van der Waals surface area contributed by atoms with Gasteiger partial charge in [-0.05, 0) is 30.7 Å². The topological polar surface area (TPSA) is 132 Å². The Bertz CT molecular complexity index is 952. The number of phenols is 1. The Hall–Kier alpha value is -3.30.